The van der Waals surface area contributed by atoms with Gasteiger partial charge >= 0.3 is 6.03 Å². The van der Waals surface area contributed by atoms with E-state index in [-0.39, 0.29) is 5.69 Å². The van der Waals surface area contributed by atoms with E-state index in [0.717, 1.165) is 29.7 Å². The van der Waals surface area contributed by atoms with Crippen molar-refractivity contribution >= 4 is 23.5 Å². The van der Waals surface area contributed by atoms with Crippen molar-refractivity contribution in [1.82, 2.24) is 5.32 Å². The van der Waals surface area contributed by atoms with Crippen LogP contribution in [0.1, 0.15) is 5.56 Å². The van der Waals surface area contributed by atoms with Crippen LogP contribution >= 0.6 is 11.8 Å². The Balaban J connectivity index is 1.65. The number of thioether (sulfide) groups is 1. The van der Waals surface area contributed by atoms with Crippen LogP contribution in [-0.2, 0) is 5.75 Å². The molecule has 22 heavy (non-hydrogen) atoms. The van der Waals surface area contributed by atoms with E-state index in [1.807, 2.05) is 30.3 Å². The zero-order chi connectivity index (χ0) is 15.8. The van der Waals surface area contributed by atoms with Crippen LogP contribution in [0.3, 0.4) is 0 Å². The van der Waals surface area contributed by atoms with E-state index in [0.29, 0.717) is 6.54 Å². The molecule has 0 aliphatic carbocycles. The predicted molar refractivity (Wildman–Crippen MR) is 86.0 cm³/mol. The number of rotatable bonds is 6. The summed E-state index contributed by atoms with van der Waals surface area (Å²) >= 11 is 1.70. The minimum Gasteiger partial charge on any atom is -0.337 e. The molecule has 0 spiro atoms. The van der Waals surface area contributed by atoms with Gasteiger partial charge in [0, 0.05) is 29.8 Å². The van der Waals surface area contributed by atoms with Crippen molar-refractivity contribution < 1.29 is 13.6 Å². The fourth-order valence-corrected chi connectivity index (χ4v) is 2.62. The second kappa shape index (κ2) is 8.38. The fraction of sp³-hybridized carbons (Fsp3) is 0.188. The molecule has 0 unspecified atom stereocenters. The van der Waals surface area contributed by atoms with Crippen molar-refractivity contribution in [2.24, 2.45) is 0 Å². The number of carbonyl (C=O) groups excluding carboxylic acids is 1. The molecule has 3 nitrogen and oxygen atoms in total. The van der Waals surface area contributed by atoms with Gasteiger partial charge in [0.05, 0.1) is 0 Å². The molecule has 2 amide bonds. The highest BCUT2D eigenvalue weighted by atomic mass is 32.2. The lowest BCUT2D eigenvalue weighted by Crippen LogP contribution is -2.30. The number of hydrogen-bond donors (Lipinski definition) is 2. The number of nitrogens with one attached hydrogen (secondary N) is 2. The Morgan fingerprint density at radius 1 is 1.05 bits per heavy atom. The highest BCUT2D eigenvalue weighted by molar-refractivity contribution is 7.98. The van der Waals surface area contributed by atoms with Gasteiger partial charge in [-0.15, -0.1) is 0 Å². The quantitative estimate of drug-likeness (QED) is 0.789. The molecule has 0 bridgehead atoms. The smallest absolute Gasteiger partial charge is 0.319 e. The molecule has 116 valence electrons. The monoisotopic (exact) mass is 322 g/mol. The number of benzene rings is 2. The molecule has 0 fully saturated rings. The van der Waals surface area contributed by atoms with Gasteiger partial charge in [-0.3, -0.25) is 0 Å². The fourth-order valence-electron chi connectivity index (χ4n) is 1.80. The number of amides is 2. The maximum absolute atomic E-state index is 13.0. The summed E-state index contributed by atoms with van der Waals surface area (Å²) in [5.41, 5.74) is 1.32. The maximum atomic E-state index is 13.0. The molecule has 0 saturated heterocycles. The summed E-state index contributed by atoms with van der Waals surface area (Å²) in [6.45, 7) is 0.473. The normalized spacial score (nSPS) is 10.3. The molecule has 2 aromatic carbocycles. The van der Waals surface area contributed by atoms with Gasteiger partial charge in [0.1, 0.15) is 11.6 Å². The summed E-state index contributed by atoms with van der Waals surface area (Å²) in [4.78, 5) is 11.6. The first-order chi connectivity index (χ1) is 10.6. The van der Waals surface area contributed by atoms with E-state index in [2.05, 4.69) is 10.6 Å². The van der Waals surface area contributed by atoms with E-state index in [9.17, 15) is 13.6 Å². The van der Waals surface area contributed by atoms with Crippen LogP contribution in [0.2, 0.25) is 0 Å². The standard InChI is InChI=1S/C16H16F2N2OS/c17-13-8-14(18)10-15(9-13)20-16(21)19-6-7-22-11-12-4-2-1-3-5-12/h1-5,8-10H,6-7,11H2,(H2,19,20,21). The first-order valence-electron chi connectivity index (χ1n) is 6.76. The van der Waals surface area contributed by atoms with Crippen LogP contribution in [0.4, 0.5) is 19.3 Å². The third-order valence-corrected chi connectivity index (χ3v) is 3.79. The number of anilines is 1. The minimum atomic E-state index is -0.728. The Morgan fingerprint density at radius 3 is 2.41 bits per heavy atom. The molecular formula is C16H16F2N2OS. The first-order valence-corrected chi connectivity index (χ1v) is 7.91. The second-order valence-corrected chi connectivity index (χ2v) is 5.68. The van der Waals surface area contributed by atoms with Crippen molar-refractivity contribution in [1.29, 1.82) is 0 Å². The average molecular weight is 322 g/mol. The van der Waals surface area contributed by atoms with Crippen molar-refractivity contribution in [2.75, 3.05) is 17.6 Å². The Hall–Kier alpha value is -2.08. The molecule has 0 saturated carbocycles. The predicted octanol–water partition coefficient (Wildman–Crippen LogP) is 4.02. The Labute approximate surface area is 132 Å². The van der Waals surface area contributed by atoms with Crippen molar-refractivity contribution in [3.63, 3.8) is 0 Å². The summed E-state index contributed by atoms with van der Waals surface area (Å²) in [6.07, 6.45) is 0. The number of halogens is 2. The van der Waals surface area contributed by atoms with Gasteiger partial charge in [-0.2, -0.15) is 11.8 Å². The minimum absolute atomic E-state index is 0.0898. The Kier molecular flexibility index (Phi) is 6.21. The lowest BCUT2D eigenvalue weighted by atomic mass is 10.2. The van der Waals surface area contributed by atoms with Crippen molar-refractivity contribution in [3.8, 4) is 0 Å². The Bertz CT molecular complexity index is 603. The lowest BCUT2D eigenvalue weighted by Gasteiger charge is -2.08. The van der Waals surface area contributed by atoms with Gasteiger partial charge in [0.15, 0.2) is 0 Å². The zero-order valence-electron chi connectivity index (χ0n) is 11.8. The van der Waals surface area contributed by atoms with Crippen LogP contribution in [0.15, 0.2) is 48.5 Å². The molecule has 0 radical (unpaired) electrons. The maximum Gasteiger partial charge on any atom is 0.319 e. The Morgan fingerprint density at radius 2 is 1.73 bits per heavy atom. The molecule has 0 heterocycles. The van der Waals surface area contributed by atoms with Crippen LogP contribution in [0, 0.1) is 11.6 Å². The highest BCUT2D eigenvalue weighted by Crippen LogP contribution is 2.13. The van der Waals surface area contributed by atoms with Crippen LogP contribution < -0.4 is 10.6 Å². The molecule has 2 N–H and O–H groups in total. The molecular weight excluding hydrogens is 306 g/mol. The van der Waals surface area contributed by atoms with Crippen molar-refractivity contribution in [2.45, 2.75) is 5.75 Å². The molecule has 2 rings (SSSR count). The van der Waals surface area contributed by atoms with Gasteiger partial charge < -0.3 is 10.6 Å². The van der Waals surface area contributed by atoms with E-state index in [4.69, 9.17) is 0 Å². The molecule has 0 atom stereocenters. The van der Waals surface area contributed by atoms with Crippen LogP contribution in [-0.4, -0.2) is 18.3 Å². The highest BCUT2D eigenvalue weighted by Gasteiger charge is 2.04. The van der Waals surface area contributed by atoms with Gasteiger partial charge in [-0.25, -0.2) is 13.6 Å². The van der Waals surface area contributed by atoms with Gasteiger partial charge in [0.25, 0.3) is 0 Å². The number of carbonyl (C=O) groups is 1. The summed E-state index contributed by atoms with van der Waals surface area (Å²) in [5, 5.41) is 5.03. The third kappa shape index (κ3) is 5.73. The molecule has 0 aliphatic heterocycles. The van der Waals surface area contributed by atoms with E-state index < -0.39 is 17.7 Å². The van der Waals surface area contributed by atoms with E-state index in [1.54, 1.807) is 11.8 Å². The van der Waals surface area contributed by atoms with Gasteiger partial charge in [-0.1, -0.05) is 30.3 Å². The summed E-state index contributed by atoms with van der Waals surface area (Å²) < 4.78 is 26.0. The molecule has 0 aliphatic rings. The second-order valence-electron chi connectivity index (χ2n) is 4.58. The van der Waals surface area contributed by atoms with Gasteiger partial charge in [0.2, 0.25) is 0 Å². The zero-order valence-corrected chi connectivity index (χ0v) is 12.6. The average Bonchev–Trinajstić information content (AvgIpc) is 2.47. The summed E-state index contributed by atoms with van der Waals surface area (Å²) in [7, 11) is 0. The largest absolute Gasteiger partial charge is 0.337 e. The van der Waals surface area contributed by atoms with E-state index in [1.165, 1.54) is 5.56 Å². The lowest BCUT2D eigenvalue weighted by molar-refractivity contribution is 0.252. The van der Waals surface area contributed by atoms with Crippen molar-refractivity contribution in [3.05, 3.63) is 65.7 Å². The molecule has 0 aromatic heterocycles. The molecule has 6 heteroatoms. The van der Waals surface area contributed by atoms with Crippen LogP contribution in [0.25, 0.3) is 0 Å². The number of hydrogen-bond acceptors (Lipinski definition) is 2. The van der Waals surface area contributed by atoms with Crippen LogP contribution in [0.5, 0.6) is 0 Å². The van der Waals surface area contributed by atoms with E-state index >= 15 is 0 Å². The SMILES string of the molecule is O=C(NCCSCc1ccccc1)Nc1cc(F)cc(F)c1. The topological polar surface area (TPSA) is 41.1 Å². The summed E-state index contributed by atoms with van der Waals surface area (Å²) in [6, 6.07) is 12.4. The first kappa shape index (κ1) is 16.3. The molecule has 2 aromatic rings. The third-order valence-electron chi connectivity index (χ3n) is 2.76. The number of urea groups is 1. The van der Waals surface area contributed by atoms with Gasteiger partial charge in [-0.05, 0) is 17.7 Å². The summed E-state index contributed by atoms with van der Waals surface area (Å²) in [5.74, 6) is 0.168.